The molecule has 1 aliphatic heterocycles. The second kappa shape index (κ2) is 5.13. The van der Waals surface area contributed by atoms with Crippen LogP contribution in [0, 0.1) is 0 Å². The van der Waals surface area contributed by atoms with Crippen LogP contribution in [0.5, 0.6) is 0 Å². The van der Waals surface area contributed by atoms with Gasteiger partial charge in [-0.05, 0) is 36.2 Å². The lowest BCUT2D eigenvalue weighted by atomic mass is 10.1. The van der Waals surface area contributed by atoms with Gasteiger partial charge in [0.2, 0.25) is 5.91 Å². The summed E-state index contributed by atoms with van der Waals surface area (Å²) in [5.74, 6) is -0.284. The van der Waals surface area contributed by atoms with E-state index in [-0.39, 0.29) is 5.91 Å². The fraction of sp³-hybridized carbons (Fsp3) is 0.583. The summed E-state index contributed by atoms with van der Waals surface area (Å²) in [7, 11) is 0. The van der Waals surface area contributed by atoms with E-state index in [2.05, 4.69) is 5.32 Å². The van der Waals surface area contributed by atoms with Gasteiger partial charge in [-0.1, -0.05) is 0 Å². The maximum atomic E-state index is 12.5. The van der Waals surface area contributed by atoms with Crippen molar-refractivity contribution < 1.29 is 18.0 Å². The molecule has 0 aliphatic carbocycles. The topological polar surface area (TPSA) is 32.3 Å². The summed E-state index contributed by atoms with van der Waals surface area (Å²) in [4.78, 5) is 13.3. The Hall–Kier alpha value is -1.08. The molecule has 1 aliphatic rings. The van der Waals surface area contributed by atoms with E-state index >= 15 is 0 Å². The molecular formula is C12H15F3N2OS. The molecule has 7 heteroatoms. The minimum absolute atomic E-state index is 0.284. The first-order chi connectivity index (χ1) is 8.79. The number of nitrogens with zero attached hydrogens (tertiary/aromatic N) is 1. The first-order valence-corrected chi connectivity index (χ1v) is 6.91. The molecule has 1 fully saturated rings. The van der Waals surface area contributed by atoms with E-state index in [0.29, 0.717) is 0 Å². The van der Waals surface area contributed by atoms with Gasteiger partial charge >= 0.3 is 6.18 Å². The standard InChI is InChI=1S/C12H15F3N2OS/c1-7(5-12(13,14)15)17-10(9-3-4-19-6-9)16-8(2)11(17)18/h3-4,6-8,10,16H,5H2,1-2H3. The second-order valence-corrected chi connectivity index (χ2v) is 5.54. The maximum Gasteiger partial charge on any atom is 0.391 e. The van der Waals surface area contributed by atoms with Gasteiger partial charge < -0.3 is 4.90 Å². The van der Waals surface area contributed by atoms with Crippen LogP contribution < -0.4 is 5.32 Å². The SMILES string of the molecule is CC1NC(c2ccsc2)N(C(C)CC(F)(F)F)C1=O. The highest BCUT2D eigenvalue weighted by Crippen LogP contribution is 2.33. The molecule has 3 atom stereocenters. The van der Waals surface area contributed by atoms with Crippen LogP contribution in [-0.2, 0) is 4.79 Å². The third-order valence-electron chi connectivity index (χ3n) is 3.17. The van der Waals surface area contributed by atoms with Gasteiger partial charge in [-0.3, -0.25) is 10.1 Å². The van der Waals surface area contributed by atoms with Crippen LogP contribution in [0.2, 0.25) is 0 Å². The largest absolute Gasteiger partial charge is 0.391 e. The van der Waals surface area contributed by atoms with E-state index in [1.165, 1.54) is 23.2 Å². The first kappa shape index (κ1) is 14.3. The molecule has 3 nitrogen and oxygen atoms in total. The molecule has 0 spiro atoms. The first-order valence-electron chi connectivity index (χ1n) is 5.96. The minimum Gasteiger partial charge on any atom is -0.318 e. The molecule has 1 aromatic heterocycles. The van der Waals surface area contributed by atoms with Crippen LogP contribution in [0.15, 0.2) is 16.8 Å². The van der Waals surface area contributed by atoms with Gasteiger partial charge in [-0.15, -0.1) is 0 Å². The Bertz CT molecular complexity index is 446. The number of amides is 1. The predicted molar refractivity (Wildman–Crippen MR) is 66.6 cm³/mol. The third-order valence-corrected chi connectivity index (χ3v) is 3.87. The quantitative estimate of drug-likeness (QED) is 0.929. The Morgan fingerprint density at radius 3 is 2.74 bits per heavy atom. The Morgan fingerprint density at radius 2 is 2.21 bits per heavy atom. The van der Waals surface area contributed by atoms with E-state index in [4.69, 9.17) is 0 Å². The van der Waals surface area contributed by atoms with Crippen LogP contribution in [0.1, 0.15) is 32.0 Å². The molecule has 106 valence electrons. The number of hydrogen-bond acceptors (Lipinski definition) is 3. The van der Waals surface area contributed by atoms with Gasteiger partial charge in [0.05, 0.1) is 12.5 Å². The molecule has 0 bridgehead atoms. The van der Waals surface area contributed by atoms with Gasteiger partial charge in [0.25, 0.3) is 0 Å². The zero-order valence-corrected chi connectivity index (χ0v) is 11.4. The third kappa shape index (κ3) is 3.09. The van der Waals surface area contributed by atoms with Crippen LogP contribution in [0.4, 0.5) is 13.2 Å². The van der Waals surface area contributed by atoms with Crippen LogP contribution in [-0.4, -0.2) is 29.1 Å². The van der Waals surface area contributed by atoms with Crippen molar-refractivity contribution in [2.75, 3.05) is 0 Å². The summed E-state index contributed by atoms with van der Waals surface area (Å²) < 4.78 is 37.5. The zero-order chi connectivity index (χ0) is 14.2. The van der Waals surface area contributed by atoms with Crippen molar-refractivity contribution in [2.24, 2.45) is 0 Å². The van der Waals surface area contributed by atoms with Crippen LogP contribution >= 0.6 is 11.3 Å². The Kier molecular flexibility index (Phi) is 3.87. The highest BCUT2D eigenvalue weighted by atomic mass is 32.1. The van der Waals surface area contributed by atoms with Crippen LogP contribution in [0.25, 0.3) is 0 Å². The number of nitrogens with one attached hydrogen (secondary N) is 1. The smallest absolute Gasteiger partial charge is 0.318 e. The van der Waals surface area contributed by atoms with E-state index in [1.807, 2.05) is 16.8 Å². The number of hydrogen-bond donors (Lipinski definition) is 1. The van der Waals surface area contributed by atoms with Crippen LogP contribution in [0.3, 0.4) is 0 Å². The molecule has 3 unspecified atom stereocenters. The van der Waals surface area contributed by atoms with Gasteiger partial charge in [0, 0.05) is 6.04 Å². The van der Waals surface area contributed by atoms with Gasteiger partial charge in [0.15, 0.2) is 0 Å². The lowest BCUT2D eigenvalue weighted by Gasteiger charge is -2.30. The number of halogens is 3. The average Bonchev–Trinajstić information content (AvgIpc) is 2.85. The second-order valence-electron chi connectivity index (χ2n) is 4.76. The van der Waals surface area contributed by atoms with E-state index in [9.17, 15) is 18.0 Å². The molecule has 2 rings (SSSR count). The monoisotopic (exact) mass is 292 g/mol. The molecule has 2 heterocycles. The molecular weight excluding hydrogens is 277 g/mol. The minimum atomic E-state index is -4.27. The molecule has 0 radical (unpaired) electrons. The van der Waals surface area contributed by atoms with Gasteiger partial charge in [-0.2, -0.15) is 24.5 Å². The zero-order valence-electron chi connectivity index (χ0n) is 10.6. The van der Waals surface area contributed by atoms with Crippen molar-refractivity contribution >= 4 is 17.2 Å². The van der Waals surface area contributed by atoms with Crippen molar-refractivity contribution in [3.05, 3.63) is 22.4 Å². The number of alkyl halides is 3. The van der Waals surface area contributed by atoms with Crippen molar-refractivity contribution in [3.63, 3.8) is 0 Å². The van der Waals surface area contributed by atoms with Crippen molar-refractivity contribution in [2.45, 2.75) is 44.7 Å². The fourth-order valence-corrected chi connectivity index (χ4v) is 3.01. The number of carbonyl (C=O) groups is 1. The molecule has 19 heavy (non-hydrogen) atoms. The average molecular weight is 292 g/mol. The maximum absolute atomic E-state index is 12.5. The summed E-state index contributed by atoms with van der Waals surface area (Å²) in [5, 5.41) is 6.73. The summed E-state index contributed by atoms with van der Waals surface area (Å²) in [6.07, 6.45) is -5.73. The van der Waals surface area contributed by atoms with E-state index < -0.39 is 30.8 Å². The normalized spacial score (nSPS) is 25.9. The summed E-state index contributed by atoms with van der Waals surface area (Å²) in [6.45, 7) is 3.10. The van der Waals surface area contributed by atoms with Crippen molar-refractivity contribution in [3.8, 4) is 0 Å². The number of thiophene rings is 1. The number of rotatable bonds is 3. The predicted octanol–water partition coefficient (Wildman–Crippen LogP) is 2.91. The Labute approximate surface area is 113 Å². The summed E-state index contributed by atoms with van der Waals surface area (Å²) >= 11 is 1.46. The fourth-order valence-electron chi connectivity index (χ4n) is 2.33. The number of carbonyl (C=O) groups excluding carboxylic acids is 1. The Balaban J connectivity index is 2.21. The van der Waals surface area contributed by atoms with E-state index in [1.54, 1.807) is 6.92 Å². The molecule has 1 aromatic rings. The lowest BCUT2D eigenvalue weighted by molar-refractivity contribution is -0.153. The molecule has 1 saturated heterocycles. The summed E-state index contributed by atoms with van der Waals surface area (Å²) in [5.41, 5.74) is 0.830. The van der Waals surface area contributed by atoms with Crippen molar-refractivity contribution in [1.29, 1.82) is 0 Å². The molecule has 0 aromatic carbocycles. The highest BCUT2D eigenvalue weighted by molar-refractivity contribution is 7.07. The van der Waals surface area contributed by atoms with Crippen molar-refractivity contribution in [1.82, 2.24) is 10.2 Å². The van der Waals surface area contributed by atoms with E-state index in [0.717, 1.165) is 5.56 Å². The highest BCUT2D eigenvalue weighted by Gasteiger charge is 2.43. The van der Waals surface area contributed by atoms with Gasteiger partial charge in [-0.25, -0.2) is 0 Å². The molecule has 0 saturated carbocycles. The molecule has 1 amide bonds. The Morgan fingerprint density at radius 1 is 1.53 bits per heavy atom. The molecule has 1 N–H and O–H groups in total. The summed E-state index contributed by atoms with van der Waals surface area (Å²) in [6, 6.07) is 0.483. The van der Waals surface area contributed by atoms with Gasteiger partial charge in [0.1, 0.15) is 6.17 Å². The lowest BCUT2D eigenvalue weighted by Crippen LogP contribution is -2.40.